The number of hydrogen-bond donors (Lipinski definition) is 1. The second-order valence-electron chi connectivity index (χ2n) is 8.35. The molecule has 0 bridgehead atoms. The first kappa shape index (κ1) is 19.0. The zero-order valence-electron chi connectivity index (χ0n) is 16.8. The molecule has 0 aliphatic heterocycles. The highest BCUT2D eigenvalue weighted by Gasteiger charge is 2.18. The van der Waals surface area contributed by atoms with Crippen molar-refractivity contribution in [3.05, 3.63) is 83.9 Å². The lowest BCUT2D eigenvalue weighted by Gasteiger charge is -2.25. The fraction of sp³-hybridized carbons (Fsp3) is 0.333. The topological polar surface area (TPSA) is 20.2 Å². The van der Waals surface area contributed by atoms with Gasteiger partial charge in [-0.2, -0.15) is 0 Å². The smallest absolute Gasteiger partial charge is 0.0540 e. The van der Waals surface area contributed by atoms with Gasteiger partial charge in [-0.3, -0.25) is 0 Å². The fourth-order valence-electron chi connectivity index (χ4n) is 4.27. The molecule has 1 saturated carbocycles. The molecule has 0 atom stereocenters. The second kappa shape index (κ2) is 8.75. The maximum absolute atomic E-state index is 9.64. The number of hydrogen-bond acceptors (Lipinski definition) is 1. The maximum Gasteiger partial charge on any atom is 0.0540 e. The number of rotatable bonds is 5. The van der Waals surface area contributed by atoms with Gasteiger partial charge in [0.2, 0.25) is 0 Å². The van der Waals surface area contributed by atoms with Crippen LogP contribution in [0.2, 0.25) is 0 Å². The van der Waals surface area contributed by atoms with Crippen molar-refractivity contribution in [3.8, 4) is 22.3 Å². The molecule has 1 aliphatic rings. The van der Waals surface area contributed by atoms with E-state index in [1.807, 2.05) is 0 Å². The van der Waals surface area contributed by atoms with Crippen LogP contribution in [-0.4, -0.2) is 11.2 Å². The van der Waals surface area contributed by atoms with Crippen molar-refractivity contribution in [2.45, 2.75) is 51.6 Å². The van der Waals surface area contributed by atoms with Gasteiger partial charge in [0.25, 0.3) is 0 Å². The summed E-state index contributed by atoms with van der Waals surface area (Å²) in [6.45, 7) is 2.12. The van der Waals surface area contributed by atoms with Crippen LogP contribution in [0.1, 0.15) is 43.2 Å². The summed E-state index contributed by atoms with van der Waals surface area (Å²) in [5.74, 6) is 0.789. The summed E-state index contributed by atoms with van der Waals surface area (Å²) in [7, 11) is 0. The highest BCUT2D eigenvalue weighted by atomic mass is 16.3. The zero-order chi connectivity index (χ0) is 19.3. The van der Waals surface area contributed by atoms with Crippen LogP contribution < -0.4 is 0 Å². The molecular weight excluding hydrogens is 340 g/mol. The van der Waals surface area contributed by atoms with Gasteiger partial charge in [-0.1, -0.05) is 78.4 Å². The van der Waals surface area contributed by atoms with Crippen molar-refractivity contribution >= 4 is 0 Å². The fourth-order valence-corrected chi connectivity index (χ4v) is 4.27. The molecule has 0 saturated heterocycles. The second-order valence-corrected chi connectivity index (χ2v) is 8.35. The van der Waals surface area contributed by atoms with Crippen LogP contribution in [0.3, 0.4) is 0 Å². The highest BCUT2D eigenvalue weighted by Crippen LogP contribution is 2.29. The molecule has 3 aromatic carbocycles. The zero-order valence-corrected chi connectivity index (χ0v) is 16.8. The molecule has 144 valence electrons. The molecule has 0 spiro atoms. The van der Waals surface area contributed by atoms with Crippen molar-refractivity contribution in [3.63, 3.8) is 0 Å². The Balaban J connectivity index is 1.37. The minimum Gasteiger partial charge on any atom is -0.393 e. The van der Waals surface area contributed by atoms with Crippen LogP contribution >= 0.6 is 0 Å². The van der Waals surface area contributed by atoms with Crippen LogP contribution in [0, 0.1) is 12.8 Å². The molecule has 0 heterocycles. The quantitative estimate of drug-likeness (QED) is 0.523. The third kappa shape index (κ3) is 4.72. The molecule has 28 heavy (non-hydrogen) atoms. The maximum atomic E-state index is 9.64. The first-order valence-corrected chi connectivity index (χ1v) is 10.6. The molecule has 1 nitrogen and oxygen atoms in total. The van der Waals surface area contributed by atoms with Crippen LogP contribution in [0.25, 0.3) is 22.3 Å². The molecule has 1 heteroatoms. The van der Waals surface area contributed by atoms with Gasteiger partial charge in [0, 0.05) is 0 Å². The van der Waals surface area contributed by atoms with Crippen molar-refractivity contribution in [2.24, 2.45) is 5.92 Å². The molecule has 3 aromatic rings. The summed E-state index contributed by atoms with van der Waals surface area (Å²) in [6.07, 6.45) is 6.70. The summed E-state index contributed by atoms with van der Waals surface area (Å²) in [5.41, 5.74) is 7.79. The van der Waals surface area contributed by atoms with E-state index in [9.17, 15) is 5.11 Å². The van der Waals surface area contributed by atoms with E-state index in [1.165, 1.54) is 52.6 Å². The van der Waals surface area contributed by atoms with Crippen molar-refractivity contribution in [1.82, 2.24) is 0 Å². The summed E-state index contributed by atoms with van der Waals surface area (Å²) in [6, 6.07) is 26.6. The van der Waals surface area contributed by atoms with E-state index in [0.717, 1.165) is 25.2 Å². The largest absolute Gasteiger partial charge is 0.393 e. The molecule has 0 unspecified atom stereocenters. The van der Waals surface area contributed by atoms with E-state index in [1.54, 1.807) is 0 Å². The monoisotopic (exact) mass is 370 g/mol. The predicted octanol–water partition coefficient (Wildman–Crippen LogP) is 6.81. The van der Waals surface area contributed by atoms with Gasteiger partial charge < -0.3 is 5.11 Å². The Bertz CT molecular complexity index is 867. The van der Waals surface area contributed by atoms with E-state index in [4.69, 9.17) is 0 Å². The molecule has 0 amide bonds. The summed E-state index contributed by atoms with van der Waals surface area (Å²) < 4.78 is 0. The van der Waals surface area contributed by atoms with Gasteiger partial charge in [-0.05, 0) is 79.2 Å². The number of aryl methyl sites for hydroxylation is 2. The summed E-state index contributed by atoms with van der Waals surface area (Å²) in [4.78, 5) is 0. The lowest BCUT2D eigenvalue weighted by atomic mass is 9.84. The Labute approximate surface area is 169 Å². The van der Waals surface area contributed by atoms with E-state index in [-0.39, 0.29) is 6.10 Å². The van der Waals surface area contributed by atoms with Crippen LogP contribution in [0.4, 0.5) is 0 Å². The first-order chi connectivity index (χ1) is 13.7. The molecule has 1 fully saturated rings. The molecule has 4 rings (SSSR count). The molecular formula is C27H30O. The van der Waals surface area contributed by atoms with Gasteiger partial charge in [-0.15, -0.1) is 0 Å². The van der Waals surface area contributed by atoms with E-state index < -0.39 is 0 Å². The van der Waals surface area contributed by atoms with Gasteiger partial charge in [-0.25, -0.2) is 0 Å². The molecule has 0 radical (unpaired) electrons. The Morgan fingerprint density at radius 3 is 1.57 bits per heavy atom. The molecule has 1 N–H and O–H groups in total. The van der Waals surface area contributed by atoms with Gasteiger partial charge in [0.1, 0.15) is 0 Å². The third-order valence-corrected chi connectivity index (χ3v) is 6.21. The lowest BCUT2D eigenvalue weighted by molar-refractivity contribution is 0.106. The Morgan fingerprint density at radius 1 is 0.643 bits per heavy atom. The van der Waals surface area contributed by atoms with E-state index in [0.29, 0.717) is 0 Å². The minimum absolute atomic E-state index is 0.0482. The lowest BCUT2D eigenvalue weighted by Crippen LogP contribution is -2.18. The average molecular weight is 371 g/mol. The Hall–Kier alpha value is -2.38. The van der Waals surface area contributed by atoms with Gasteiger partial charge in [0.15, 0.2) is 0 Å². The van der Waals surface area contributed by atoms with Crippen molar-refractivity contribution < 1.29 is 5.11 Å². The van der Waals surface area contributed by atoms with Crippen molar-refractivity contribution in [2.75, 3.05) is 0 Å². The summed E-state index contributed by atoms with van der Waals surface area (Å²) in [5, 5.41) is 9.64. The predicted molar refractivity (Wildman–Crippen MR) is 118 cm³/mol. The normalized spacial score (nSPS) is 19.5. The third-order valence-electron chi connectivity index (χ3n) is 6.21. The van der Waals surface area contributed by atoms with Gasteiger partial charge >= 0.3 is 0 Å². The van der Waals surface area contributed by atoms with E-state index >= 15 is 0 Å². The molecule has 1 aliphatic carbocycles. The minimum atomic E-state index is -0.0482. The Kier molecular flexibility index (Phi) is 5.92. The Morgan fingerprint density at radius 2 is 1.07 bits per heavy atom. The number of aliphatic hydroxyl groups excluding tert-OH is 1. The summed E-state index contributed by atoms with van der Waals surface area (Å²) >= 11 is 0. The van der Waals surface area contributed by atoms with E-state index in [2.05, 4.69) is 79.7 Å². The van der Waals surface area contributed by atoms with Crippen molar-refractivity contribution in [1.29, 1.82) is 0 Å². The first-order valence-electron chi connectivity index (χ1n) is 10.6. The van der Waals surface area contributed by atoms with Gasteiger partial charge in [0.05, 0.1) is 6.10 Å². The average Bonchev–Trinajstić information content (AvgIpc) is 2.74. The molecule has 0 aromatic heterocycles. The SMILES string of the molecule is Cc1ccc(-c2ccc(-c3ccc(CCC4CCC(O)CC4)cc3)cc2)cc1. The van der Waals surface area contributed by atoms with Crippen LogP contribution in [-0.2, 0) is 6.42 Å². The van der Waals surface area contributed by atoms with Crippen LogP contribution in [0.15, 0.2) is 72.8 Å². The standard InChI is InChI=1S/C27H30O/c1-20-2-10-23(11-3-20)25-14-16-26(17-15-25)24-12-6-21(7-13-24)4-5-22-8-18-27(28)19-9-22/h2-3,6-7,10-17,22,27-28H,4-5,8-9,18-19H2,1H3. The van der Waals surface area contributed by atoms with Crippen LogP contribution in [0.5, 0.6) is 0 Å². The number of benzene rings is 3. The number of aliphatic hydroxyl groups is 1. The highest BCUT2D eigenvalue weighted by molar-refractivity contribution is 5.70.